The Labute approximate surface area is 115 Å². The number of anilines is 1. The van der Waals surface area contributed by atoms with Crippen molar-refractivity contribution in [2.24, 2.45) is 0 Å². The van der Waals surface area contributed by atoms with Gasteiger partial charge in [0.15, 0.2) is 5.82 Å². The summed E-state index contributed by atoms with van der Waals surface area (Å²) < 4.78 is 0. The van der Waals surface area contributed by atoms with Gasteiger partial charge in [-0.1, -0.05) is 24.6 Å². The summed E-state index contributed by atoms with van der Waals surface area (Å²) in [6.45, 7) is 8.39. The maximum absolute atomic E-state index is 4.72. The van der Waals surface area contributed by atoms with E-state index in [2.05, 4.69) is 56.2 Å². The van der Waals surface area contributed by atoms with Gasteiger partial charge >= 0.3 is 0 Å². The summed E-state index contributed by atoms with van der Waals surface area (Å²) in [4.78, 5) is 9.37. The van der Waals surface area contributed by atoms with Crippen LogP contribution in [0.5, 0.6) is 0 Å². The lowest BCUT2D eigenvalue weighted by molar-refractivity contribution is 0.976. The van der Waals surface area contributed by atoms with E-state index >= 15 is 0 Å². The van der Waals surface area contributed by atoms with Gasteiger partial charge in [-0.3, -0.25) is 0 Å². The molecule has 3 nitrogen and oxygen atoms in total. The summed E-state index contributed by atoms with van der Waals surface area (Å²) in [6, 6.07) is 6.39. The molecule has 0 spiro atoms. The molecule has 1 aromatic heterocycles. The van der Waals surface area contributed by atoms with Gasteiger partial charge in [0.1, 0.15) is 5.82 Å². The van der Waals surface area contributed by atoms with Crippen molar-refractivity contribution < 1.29 is 0 Å². The van der Waals surface area contributed by atoms with Crippen molar-refractivity contribution in [2.45, 2.75) is 34.1 Å². The molecule has 0 fully saturated rings. The van der Waals surface area contributed by atoms with Crippen molar-refractivity contribution in [1.29, 1.82) is 0 Å². The number of aryl methyl sites for hydroxylation is 3. The van der Waals surface area contributed by atoms with Gasteiger partial charge in [0.25, 0.3) is 0 Å². The molecule has 2 aromatic rings. The lowest BCUT2D eigenvalue weighted by atomic mass is 10.0. The molecule has 0 saturated heterocycles. The van der Waals surface area contributed by atoms with E-state index in [1.807, 2.05) is 7.05 Å². The van der Waals surface area contributed by atoms with Gasteiger partial charge in [0.05, 0.1) is 0 Å². The zero-order chi connectivity index (χ0) is 14.0. The van der Waals surface area contributed by atoms with Crippen molar-refractivity contribution in [3.05, 3.63) is 40.6 Å². The lowest BCUT2D eigenvalue weighted by Gasteiger charge is -2.13. The molecule has 3 heteroatoms. The van der Waals surface area contributed by atoms with Crippen LogP contribution in [0.4, 0.5) is 5.82 Å². The van der Waals surface area contributed by atoms with Crippen LogP contribution in [0, 0.1) is 20.8 Å². The van der Waals surface area contributed by atoms with Crippen LogP contribution in [-0.2, 0) is 6.42 Å². The summed E-state index contributed by atoms with van der Waals surface area (Å²) in [5.41, 5.74) is 5.80. The molecule has 100 valence electrons. The molecule has 0 saturated carbocycles. The van der Waals surface area contributed by atoms with Crippen LogP contribution in [0.2, 0.25) is 0 Å². The van der Waals surface area contributed by atoms with E-state index in [4.69, 9.17) is 4.98 Å². The van der Waals surface area contributed by atoms with Crippen LogP contribution in [0.25, 0.3) is 11.4 Å². The molecule has 19 heavy (non-hydrogen) atoms. The van der Waals surface area contributed by atoms with Crippen molar-refractivity contribution in [3.63, 3.8) is 0 Å². The van der Waals surface area contributed by atoms with E-state index in [0.29, 0.717) is 0 Å². The third-order valence-corrected chi connectivity index (χ3v) is 3.45. The maximum atomic E-state index is 4.72. The molecule has 0 unspecified atom stereocenters. The molecule has 0 aliphatic heterocycles. The average Bonchev–Trinajstić information content (AvgIpc) is 2.42. The quantitative estimate of drug-likeness (QED) is 0.909. The van der Waals surface area contributed by atoms with Gasteiger partial charge < -0.3 is 5.32 Å². The van der Waals surface area contributed by atoms with E-state index in [1.165, 1.54) is 11.1 Å². The normalized spacial score (nSPS) is 10.6. The Morgan fingerprint density at radius 2 is 1.84 bits per heavy atom. The Morgan fingerprint density at radius 1 is 1.11 bits per heavy atom. The third kappa shape index (κ3) is 2.60. The van der Waals surface area contributed by atoms with Gasteiger partial charge in [0, 0.05) is 23.9 Å². The zero-order valence-electron chi connectivity index (χ0n) is 12.3. The molecule has 1 N–H and O–H groups in total. The molecule has 0 aliphatic rings. The first-order chi connectivity index (χ1) is 9.06. The largest absolute Gasteiger partial charge is 0.373 e. The highest BCUT2D eigenvalue weighted by Gasteiger charge is 2.12. The molecule has 1 aromatic carbocycles. The van der Waals surface area contributed by atoms with Gasteiger partial charge in [0.2, 0.25) is 0 Å². The molecule has 2 rings (SSSR count). The minimum atomic E-state index is 0.813. The molecule has 0 aliphatic carbocycles. The second-order valence-corrected chi connectivity index (χ2v) is 4.89. The summed E-state index contributed by atoms with van der Waals surface area (Å²) in [7, 11) is 1.90. The van der Waals surface area contributed by atoms with Crippen LogP contribution in [-0.4, -0.2) is 17.0 Å². The van der Waals surface area contributed by atoms with E-state index in [-0.39, 0.29) is 0 Å². The smallest absolute Gasteiger partial charge is 0.162 e. The van der Waals surface area contributed by atoms with E-state index < -0.39 is 0 Å². The first kappa shape index (κ1) is 13.5. The monoisotopic (exact) mass is 255 g/mol. The molecule has 0 amide bonds. The first-order valence-electron chi connectivity index (χ1n) is 6.69. The minimum absolute atomic E-state index is 0.813. The molecule has 0 bridgehead atoms. The first-order valence-corrected chi connectivity index (χ1v) is 6.69. The topological polar surface area (TPSA) is 37.8 Å². The highest BCUT2D eigenvalue weighted by Crippen LogP contribution is 2.25. The Bertz CT molecular complexity index is 578. The average molecular weight is 255 g/mol. The highest BCUT2D eigenvalue weighted by atomic mass is 15.0. The van der Waals surface area contributed by atoms with Crippen LogP contribution in [0.1, 0.15) is 29.3 Å². The fraction of sp³-hybridized carbons (Fsp3) is 0.375. The third-order valence-electron chi connectivity index (χ3n) is 3.45. The molecule has 0 radical (unpaired) electrons. The Morgan fingerprint density at radius 3 is 2.47 bits per heavy atom. The number of benzene rings is 1. The van der Waals surface area contributed by atoms with Crippen LogP contribution in [0.3, 0.4) is 0 Å². The number of nitrogens with one attached hydrogen (secondary N) is 1. The number of hydrogen-bond donors (Lipinski definition) is 1. The van der Waals surface area contributed by atoms with Crippen molar-refractivity contribution >= 4 is 5.82 Å². The van der Waals surface area contributed by atoms with Crippen molar-refractivity contribution in [2.75, 3.05) is 12.4 Å². The van der Waals surface area contributed by atoms with E-state index in [9.17, 15) is 0 Å². The lowest BCUT2D eigenvalue weighted by Crippen LogP contribution is -2.05. The molecular formula is C16H21N3. The second-order valence-electron chi connectivity index (χ2n) is 4.89. The summed E-state index contributed by atoms with van der Waals surface area (Å²) in [6.07, 6.45) is 0.918. The molecule has 1 heterocycles. The van der Waals surface area contributed by atoms with Crippen LogP contribution < -0.4 is 5.32 Å². The van der Waals surface area contributed by atoms with Gasteiger partial charge in [-0.2, -0.15) is 0 Å². The predicted molar refractivity (Wildman–Crippen MR) is 80.6 cm³/mol. The highest BCUT2D eigenvalue weighted by molar-refractivity contribution is 5.64. The van der Waals surface area contributed by atoms with E-state index in [0.717, 1.165) is 34.9 Å². The summed E-state index contributed by atoms with van der Waals surface area (Å²) in [5, 5.41) is 3.16. The SMILES string of the molecule is CCc1nc(-c2cc(C)ccc2C)nc(NC)c1C. The Balaban J connectivity index is 2.65. The standard InChI is InChI=1S/C16H21N3/c1-6-14-12(4)15(17-5)19-16(18-14)13-9-10(2)7-8-11(13)3/h7-9H,6H2,1-5H3,(H,17,18,19). The van der Waals surface area contributed by atoms with Gasteiger partial charge in [-0.05, 0) is 38.8 Å². The van der Waals surface area contributed by atoms with Crippen molar-refractivity contribution in [1.82, 2.24) is 9.97 Å². The predicted octanol–water partition coefficient (Wildman–Crippen LogP) is 3.67. The number of hydrogen-bond acceptors (Lipinski definition) is 3. The second kappa shape index (κ2) is 5.39. The van der Waals surface area contributed by atoms with Gasteiger partial charge in [-0.15, -0.1) is 0 Å². The molecule has 0 atom stereocenters. The van der Waals surface area contributed by atoms with E-state index in [1.54, 1.807) is 0 Å². The fourth-order valence-corrected chi connectivity index (χ4v) is 2.25. The Kier molecular flexibility index (Phi) is 3.84. The number of nitrogens with zero attached hydrogens (tertiary/aromatic N) is 2. The van der Waals surface area contributed by atoms with Crippen LogP contribution >= 0.6 is 0 Å². The van der Waals surface area contributed by atoms with Gasteiger partial charge in [-0.25, -0.2) is 9.97 Å². The molecular weight excluding hydrogens is 234 g/mol. The Hall–Kier alpha value is -1.90. The fourth-order valence-electron chi connectivity index (χ4n) is 2.25. The minimum Gasteiger partial charge on any atom is -0.373 e. The summed E-state index contributed by atoms with van der Waals surface area (Å²) >= 11 is 0. The van der Waals surface area contributed by atoms with Crippen molar-refractivity contribution in [3.8, 4) is 11.4 Å². The zero-order valence-corrected chi connectivity index (χ0v) is 12.3. The maximum Gasteiger partial charge on any atom is 0.162 e. The number of aromatic nitrogens is 2. The number of rotatable bonds is 3. The summed E-state index contributed by atoms with van der Waals surface area (Å²) in [5.74, 6) is 1.73. The van der Waals surface area contributed by atoms with Crippen LogP contribution in [0.15, 0.2) is 18.2 Å².